The quantitative estimate of drug-likeness (QED) is 0.869. The number of halogens is 1. The van der Waals surface area contributed by atoms with E-state index in [1.807, 2.05) is 18.2 Å². The van der Waals surface area contributed by atoms with Gasteiger partial charge in [0.05, 0.1) is 0 Å². The van der Waals surface area contributed by atoms with Crippen molar-refractivity contribution in [1.29, 1.82) is 0 Å². The molecule has 1 heterocycles. The second kappa shape index (κ2) is 4.43. The van der Waals surface area contributed by atoms with E-state index in [0.717, 1.165) is 41.9 Å². The standard InChI is InChI=1S/C15H16ClNO/c1-9-12(7-10-3-2-4-15(10)18)13-8-11(16)5-6-14(13)17-9/h5-6,8,10,17H,2-4,7H2,1H3. The first-order valence-electron chi connectivity index (χ1n) is 6.44. The van der Waals surface area contributed by atoms with Crippen LogP contribution >= 0.6 is 11.6 Å². The van der Waals surface area contributed by atoms with Gasteiger partial charge in [-0.1, -0.05) is 11.6 Å². The van der Waals surface area contributed by atoms with Gasteiger partial charge in [0.1, 0.15) is 5.78 Å². The first-order valence-corrected chi connectivity index (χ1v) is 6.82. The molecule has 1 unspecified atom stereocenters. The Bertz CT molecular complexity index is 614. The van der Waals surface area contributed by atoms with Gasteiger partial charge in [0.15, 0.2) is 0 Å². The number of aromatic nitrogens is 1. The number of hydrogen-bond donors (Lipinski definition) is 1. The maximum Gasteiger partial charge on any atom is 0.136 e. The third kappa shape index (κ3) is 1.95. The van der Waals surface area contributed by atoms with Crippen LogP contribution in [-0.2, 0) is 11.2 Å². The smallest absolute Gasteiger partial charge is 0.136 e. The molecule has 1 aromatic heterocycles. The molecule has 1 aromatic carbocycles. The van der Waals surface area contributed by atoms with Crippen LogP contribution in [0.15, 0.2) is 18.2 Å². The topological polar surface area (TPSA) is 32.9 Å². The molecule has 3 heteroatoms. The average molecular weight is 262 g/mol. The third-order valence-corrected chi connectivity index (χ3v) is 4.20. The highest BCUT2D eigenvalue weighted by Crippen LogP contribution is 2.31. The van der Waals surface area contributed by atoms with Crippen LogP contribution < -0.4 is 0 Å². The molecule has 1 fully saturated rings. The summed E-state index contributed by atoms with van der Waals surface area (Å²) in [7, 11) is 0. The van der Waals surface area contributed by atoms with Crippen LogP contribution in [0, 0.1) is 12.8 Å². The van der Waals surface area contributed by atoms with Crippen LogP contribution in [0.3, 0.4) is 0 Å². The van der Waals surface area contributed by atoms with Gasteiger partial charge in [0.2, 0.25) is 0 Å². The number of H-pyrrole nitrogens is 1. The minimum Gasteiger partial charge on any atom is -0.358 e. The largest absolute Gasteiger partial charge is 0.358 e. The molecule has 1 N–H and O–H groups in total. The van der Waals surface area contributed by atoms with Crippen LogP contribution in [0.1, 0.15) is 30.5 Å². The number of fused-ring (bicyclic) bond motifs is 1. The molecule has 1 aliphatic rings. The molecule has 1 saturated carbocycles. The van der Waals surface area contributed by atoms with E-state index in [4.69, 9.17) is 11.6 Å². The lowest BCUT2D eigenvalue weighted by Crippen LogP contribution is -2.09. The summed E-state index contributed by atoms with van der Waals surface area (Å²) in [6, 6.07) is 5.89. The minimum absolute atomic E-state index is 0.210. The Balaban J connectivity index is 2.02. The maximum atomic E-state index is 11.8. The van der Waals surface area contributed by atoms with Crippen molar-refractivity contribution < 1.29 is 4.79 Å². The number of benzene rings is 1. The molecule has 0 saturated heterocycles. The zero-order chi connectivity index (χ0) is 12.7. The highest BCUT2D eigenvalue weighted by molar-refractivity contribution is 6.31. The number of carbonyl (C=O) groups is 1. The highest BCUT2D eigenvalue weighted by Gasteiger charge is 2.26. The summed E-state index contributed by atoms with van der Waals surface area (Å²) in [5, 5.41) is 1.92. The number of Topliss-reactive ketones (excluding diaryl/α,β-unsaturated/α-hetero) is 1. The molecule has 2 aromatic rings. The summed E-state index contributed by atoms with van der Waals surface area (Å²) >= 11 is 6.06. The number of aryl methyl sites for hydroxylation is 1. The molecule has 0 spiro atoms. The van der Waals surface area contributed by atoms with Crippen molar-refractivity contribution in [1.82, 2.24) is 4.98 Å². The van der Waals surface area contributed by atoms with Gasteiger partial charge >= 0.3 is 0 Å². The molecule has 0 bridgehead atoms. The second-order valence-electron chi connectivity index (χ2n) is 5.18. The molecule has 18 heavy (non-hydrogen) atoms. The van der Waals surface area contributed by atoms with Crippen LogP contribution in [0.25, 0.3) is 10.9 Å². The van der Waals surface area contributed by atoms with Crippen molar-refractivity contribution in [3.8, 4) is 0 Å². The molecule has 0 aliphatic heterocycles. The SMILES string of the molecule is Cc1[nH]c2ccc(Cl)cc2c1CC1CCCC1=O. The van der Waals surface area contributed by atoms with E-state index >= 15 is 0 Å². The third-order valence-electron chi connectivity index (χ3n) is 3.96. The van der Waals surface area contributed by atoms with Crippen LogP contribution in [0.2, 0.25) is 5.02 Å². The highest BCUT2D eigenvalue weighted by atomic mass is 35.5. The van der Waals surface area contributed by atoms with E-state index in [1.54, 1.807) is 0 Å². The van der Waals surface area contributed by atoms with Crippen molar-refractivity contribution in [2.24, 2.45) is 5.92 Å². The van der Waals surface area contributed by atoms with Gasteiger partial charge < -0.3 is 4.98 Å². The van der Waals surface area contributed by atoms with Crippen LogP contribution in [0.4, 0.5) is 0 Å². The first-order chi connectivity index (χ1) is 8.65. The summed E-state index contributed by atoms with van der Waals surface area (Å²) in [5.41, 5.74) is 3.53. The van der Waals surface area contributed by atoms with E-state index < -0.39 is 0 Å². The Morgan fingerprint density at radius 2 is 2.28 bits per heavy atom. The van der Waals surface area contributed by atoms with E-state index in [-0.39, 0.29) is 5.92 Å². The van der Waals surface area contributed by atoms with E-state index in [0.29, 0.717) is 5.78 Å². The van der Waals surface area contributed by atoms with E-state index in [2.05, 4.69) is 11.9 Å². The number of aromatic amines is 1. The number of hydrogen-bond acceptors (Lipinski definition) is 1. The molecule has 1 aliphatic carbocycles. The van der Waals surface area contributed by atoms with Gasteiger partial charge in [-0.05, 0) is 49.9 Å². The molecular formula is C15H16ClNO. The van der Waals surface area contributed by atoms with Crippen molar-refractivity contribution >= 4 is 28.3 Å². The van der Waals surface area contributed by atoms with Gasteiger partial charge in [0.25, 0.3) is 0 Å². The molecule has 0 radical (unpaired) electrons. The fourth-order valence-corrected chi connectivity index (χ4v) is 3.14. The second-order valence-corrected chi connectivity index (χ2v) is 5.61. The summed E-state index contributed by atoms with van der Waals surface area (Å²) < 4.78 is 0. The maximum absolute atomic E-state index is 11.8. The molecule has 94 valence electrons. The summed E-state index contributed by atoms with van der Waals surface area (Å²) in [5.74, 6) is 0.632. The molecule has 0 amide bonds. The predicted octanol–water partition coefficient (Wildman–Crippen LogP) is 4.04. The van der Waals surface area contributed by atoms with Crippen molar-refractivity contribution in [3.63, 3.8) is 0 Å². The Labute approximate surface area is 111 Å². The Hall–Kier alpha value is -1.28. The van der Waals surface area contributed by atoms with Crippen molar-refractivity contribution in [2.75, 3.05) is 0 Å². The van der Waals surface area contributed by atoms with Crippen LogP contribution in [0.5, 0.6) is 0 Å². The van der Waals surface area contributed by atoms with E-state index in [9.17, 15) is 4.79 Å². The predicted molar refractivity (Wildman–Crippen MR) is 74.1 cm³/mol. The monoisotopic (exact) mass is 261 g/mol. The van der Waals surface area contributed by atoms with Crippen molar-refractivity contribution in [3.05, 3.63) is 34.5 Å². The number of nitrogens with one attached hydrogen (secondary N) is 1. The first kappa shape index (κ1) is 11.8. The zero-order valence-corrected chi connectivity index (χ0v) is 11.2. The summed E-state index contributed by atoms with van der Waals surface area (Å²) in [6.07, 6.45) is 3.69. The zero-order valence-electron chi connectivity index (χ0n) is 10.4. The molecule has 3 rings (SSSR count). The Morgan fingerprint density at radius 3 is 3.00 bits per heavy atom. The number of carbonyl (C=O) groups excluding carboxylic acids is 1. The van der Waals surface area contributed by atoms with Crippen molar-refractivity contribution in [2.45, 2.75) is 32.6 Å². The molecule has 2 nitrogen and oxygen atoms in total. The van der Waals surface area contributed by atoms with Gasteiger partial charge in [-0.25, -0.2) is 0 Å². The lowest BCUT2D eigenvalue weighted by molar-refractivity contribution is -0.120. The Kier molecular flexibility index (Phi) is 2.90. The minimum atomic E-state index is 0.210. The lowest BCUT2D eigenvalue weighted by atomic mass is 9.95. The molecular weight excluding hydrogens is 246 g/mol. The number of rotatable bonds is 2. The Morgan fingerprint density at radius 1 is 1.44 bits per heavy atom. The number of ketones is 1. The fraction of sp³-hybridized carbons (Fsp3) is 0.400. The van der Waals surface area contributed by atoms with Gasteiger partial charge in [0, 0.05) is 34.0 Å². The van der Waals surface area contributed by atoms with E-state index in [1.165, 1.54) is 10.9 Å². The van der Waals surface area contributed by atoms with Gasteiger partial charge in [-0.3, -0.25) is 4.79 Å². The average Bonchev–Trinajstić information content (AvgIpc) is 2.86. The normalized spacial score (nSPS) is 19.9. The summed E-state index contributed by atoms with van der Waals surface area (Å²) in [6.45, 7) is 2.07. The lowest BCUT2D eigenvalue weighted by Gasteiger charge is -2.08. The van der Waals surface area contributed by atoms with Gasteiger partial charge in [-0.15, -0.1) is 0 Å². The molecule has 1 atom stereocenters. The fourth-order valence-electron chi connectivity index (χ4n) is 2.97. The van der Waals surface area contributed by atoms with Crippen LogP contribution in [-0.4, -0.2) is 10.8 Å². The van der Waals surface area contributed by atoms with Gasteiger partial charge in [-0.2, -0.15) is 0 Å². The summed E-state index contributed by atoms with van der Waals surface area (Å²) in [4.78, 5) is 15.2.